The van der Waals surface area contributed by atoms with E-state index in [2.05, 4.69) is 15.5 Å². The fraction of sp³-hybridized carbons (Fsp3) is 0.476. The molecule has 1 atom stereocenters. The number of rotatable bonds is 6. The first-order chi connectivity index (χ1) is 16.5. The number of alkyl halides is 3. The maximum absolute atomic E-state index is 12.9. The van der Waals surface area contributed by atoms with E-state index in [1.807, 2.05) is 4.90 Å². The Bertz CT molecular complexity index is 1040. The van der Waals surface area contributed by atoms with E-state index in [9.17, 15) is 18.0 Å². The van der Waals surface area contributed by atoms with Crippen molar-refractivity contribution in [3.05, 3.63) is 35.7 Å². The summed E-state index contributed by atoms with van der Waals surface area (Å²) in [5.74, 6) is -3.25. The van der Waals surface area contributed by atoms with E-state index >= 15 is 0 Å². The summed E-state index contributed by atoms with van der Waals surface area (Å²) in [4.78, 5) is 36.4. The van der Waals surface area contributed by atoms with Crippen LogP contribution in [0.15, 0.2) is 28.8 Å². The third-order valence-electron chi connectivity index (χ3n) is 5.30. The van der Waals surface area contributed by atoms with E-state index in [4.69, 9.17) is 29.1 Å². The molecule has 1 aromatic heterocycles. The lowest BCUT2D eigenvalue weighted by Gasteiger charge is -2.36. The number of nitrogens with one attached hydrogen (secondary N) is 1. The first-order valence-electron chi connectivity index (χ1n) is 10.6. The van der Waals surface area contributed by atoms with Crippen LogP contribution in [-0.2, 0) is 25.3 Å². The summed E-state index contributed by atoms with van der Waals surface area (Å²) in [6, 6.07) is 4.82. The SMILES string of the molecule is O=C(CN1CC(c2nc(-c3cccc(C(F)(F)F)c3)no2)C1)NCC1CCCO1.O=C(O)C(=O)O. The van der Waals surface area contributed by atoms with Gasteiger partial charge in [0, 0.05) is 31.8 Å². The first kappa shape index (κ1) is 26.1. The summed E-state index contributed by atoms with van der Waals surface area (Å²) in [7, 11) is 0. The van der Waals surface area contributed by atoms with Crippen molar-refractivity contribution in [2.75, 3.05) is 32.8 Å². The van der Waals surface area contributed by atoms with Gasteiger partial charge in [0.25, 0.3) is 0 Å². The second kappa shape index (κ2) is 11.3. The Labute approximate surface area is 196 Å². The lowest BCUT2D eigenvalue weighted by molar-refractivity contribution is -0.159. The molecule has 0 aliphatic carbocycles. The van der Waals surface area contributed by atoms with Gasteiger partial charge >= 0.3 is 18.1 Å². The van der Waals surface area contributed by atoms with Crippen LogP contribution < -0.4 is 5.32 Å². The Balaban J connectivity index is 0.000000509. The van der Waals surface area contributed by atoms with Crippen molar-refractivity contribution < 1.29 is 47.0 Å². The molecule has 14 heteroatoms. The number of halogens is 3. The second-order valence-electron chi connectivity index (χ2n) is 7.98. The van der Waals surface area contributed by atoms with Gasteiger partial charge in [0.15, 0.2) is 0 Å². The van der Waals surface area contributed by atoms with Crippen molar-refractivity contribution in [1.29, 1.82) is 0 Å². The van der Waals surface area contributed by atoms with Crippen LogP contribution in [0.3, 0.4) is 0 Å². The Kier molecular flexibility index (Phi) is 8.40. The highest BCUT2D eigenvalue weighted by atomic mass is 19.4. The number of nitrogens with zero attached hydrogens (tertiary/aromatic N) is 3. The molecule has 0 radical (unpaired) electrons. The van der Waals surface area contributed by atoms with Crippen molar-refractivity contribution >= 4 is 17.8 Å². The lowest BCUT2D eigenvalue weighted by Crippen LogP contribution is -2.50. The largest absolute Gasteiger partial charge is 0.473 e. The van der Waals surface area contributed by atoms with E-state index < -0.39 is 23.7 Å². The van der Waals surface area contributed by atoms with Gasteiger partial charge in [-0.25, -0.2) is 9.59 Å². The summed E-state index contributed by atoms with van der Waals surface area (Å²) in [6.45, 7) is 2.72. The van der Waals surface area contributed by atoms with Crippen LogP contribution in [-0.4, -0.2) is 82.0 Å². The number of carboxylic acid groups (broad SMARTS) is 2. The van der Waals surface area contributed by atoms with E-state index in [1.54, 1.807) is 0 Å². The smallest absolute Gasteiger partial charge is 0.416 e. The molecule has 2 aliphatic rings. The molecule has 3 N–H and O–H groups in total. The molecule has 35 heavy (non-hydrogen) atoms. The zero-order valence-electron chi connectivity index (χ0n) is 18.3. The van der Waals surface area contributed by atoms with Crippen molar-refractivity contribution in [3.63, 3.8) is 0 Å². The molecule has 4 rings (SSSR count). The Morgan fingerprint density at radius 3 is 2.49 bits per heavy atom. The molecule has 1 unspecified atom stereocenters. The standard InChI is InChI=1S/C19H21F3N4O3.C2H2O4/c20-19(21,22)14-4-1-3-12(7-14)17-24-18(29-25-17)13-9-26(10-13)11-16(27)23-8-15-5-2-6-28-15;3-1(4)2(5)6/h1,3-4,7,13,15H,2,5-6,8-11H2,(H,23,27);(H,3,4)(H,5,6). The number of ether oxygens (including phenoxy) is 1. The number of hydrogen-bond acceptors (Lipinski definition) is 8. The quantitative estimate of drug-likeness (QED) is 0.498. The number of carbonyl (C=O) groups excluding carboxylic acids is 1. The summed E-state index contributed by atoms with van der Waals surface area (Å²) in [6.07, 6.45) is -2.32. The predicted molar refractivity (Wildman–Crippen MR) is 111 cm³/mol. The van der Waals surface area contributed by atoms with Crippen molar-refractivity contribution in [2.45, 2.75) is 31.0 Å². The maximum atomic E-state index is 12.9. The van der Waals surface area contributed by atoms with Crippen LogP contribution in [0.2, 0.25) is 0 Å². The predicted octanol–water partition coefficient (Wildman–Crippen LogP) is 1.61. The van der Waals surface area contributed by atoms with Crippen LogP contribution in [0.25, 0.3) is 11.4 Å². The average Bonchev–Trinajstić information content (AvgIpc) is 3.46. The van der Waals surface area contributed by atoms with Crippen LogP contribution in [0, 0.1) is 0 Å². The number of carbonyl (C=O) groups is 3. The monoisotopic (exact) mass is 500 g/mol. The highest BCUT2D eigenvalue weighted by molar-refractivity contribution is 6.27. The van der Waals surface area contributed by atoms with Crippen molar-refractivity contribution in [1.82, 2.24) is 20.4 Å². The Morgan fingerprint density at radius 1 is 1.17 bits per heavy atom. The Morgan fingerprint density at radius 2 is 1.89 bits per heavy atom. The number of hydrogen-bond donors (Lipinski definition) is 3. The molecule has 1 amide bonds. The summed E-state index contributed by atoms with van der Waals surface area (Å²) < 4.78 is 49.3. The van der Waals surface area contributed by atoms with Gasteiger partial charge in [0.2, 0.25) is 17.6 Å². The van der Waals surface area contributed by atoms with Gasteiger partial charge in [-0.2, -0.15) is 18.2 Å². The first-order valence-corrected chi connectivity index (χ1v) is 10.6. The van der Waals surface area contributed by atoms with Gasteiger partial charge < -0.3 is 24.8 Å². The fourth-order valence-electron chi connectivity index (χ4n) is 3.50. The molecule has 2 fully saturated rings. The zero-order valence-corrected chi connectivity index (χ0v) is 18.3. The normalized spacial score (nSPS) is 18.3. The molecule has 2 aliphatic heterocycles. The highest BCUT2D eigenvalue weighted by Gasteiger charge is 2.34. The van der Waals surface area contributed by atoms with Crippen LogP contribution >= 0.6 is 0 Å². The zero-order chi connectivity index (χ0) is 25.6. The molecule has 0 saturated carbocycles. The van der Waals surface area contributed by atoms with Crippen LogP contribution in [0.4, 0.5) is 13.2 Å². The minimum atomic E-state index is -4.43. The number of carboxylic acids is 2. The summed E-state index contributed by atoms with van der Waals surface area (Å²) in [5, 5.41) is 21.5. The Hall–Kier alpha value is -3.52. The molecule has 2 saturated heterocycles. The molecular formula is C21H23F3N4O7. The molecule has 190 valence electrons. The molecule has 3 heterocycles. The van der Waals surface area contributed by atoms with Crippen molar-refractivity contribution in [2.24, 2.45) is 0 Å². The summed E-state index contributed by atoms with van der Waals surface area (Å²) in [5.41, 5.74) is -0.510. The molecule has 2 aromatic rings. The fourth-order valence-corrected chi connectivity index (χ4v) is 3.50. The van der Waals surface area contributed by atoms with Crippen molar-refractivity contribution in [3.8, 4) is 11.4 Å². The van der Waals surface area contributed by atoms with Crippen LogP contribution in [0.5, 0.6) is 0 Å². The lowest BCUT2D eigenvalue weighted by atomic mass is 10.0. The molecule has 1 aromatic carbocycles. The number of likely N-dealkylation sites (tertiary alicyclic amines) is 1. The third kappa shape index (κ3) is 7.48. The van der Waals surface area contributed by atoms with Gasteiger partial charge in [-0.15, -0.1) is 0 Å². The minimum absolute atomic E-state index is 0.0342. The van der Waals surface area contributed by atoms with Gasteiger partial charge in [-0.05, 0) is 25.0 Å². The molecule has 0 bridgehead atoms. The second-order valence-corrected chi connectivity index (χ2v) is 7.98. The molecule has 0 spiro atoms. The average molecular weight is 500 g/mol. The number of aliphatic carboxylic acids is 2. The molecular weight excluding hydrogens is 477 g/mol. The highest BCUT2D eigenvalue weighted by Crippen LogP contribution is 2.32. The van der Waals surface area contributed by atoms with Gasteiger partial charge in [-0.1, -0.05) is 17.3 Å². The van der Waals surface area contributed by atoms with E-state index in [-0.39, 0.29) is 35.9 Å². The van der Waals surface area contributed by atoms with Gasteiger partial charge in [0.05, 0.1) is 24.1 Å². The number of amides is 1. The topological polar surface area (TPSA) is 155 Å². The number of benzene rings is 1. The summed E-state index contributed by atoms with van der Waals surface area (Å²) >= 11 is 0. The molecule has 11 nitrogen and oxygen atoms in total. The number of aromatic nitrogens is 2. The maximum Gasteiger partial charge on any atom is 0.416 e. The van der Waals surface area contributed by atoms with E-state index in [0.717, 1.165) is 31.6 Å². The van der Waals surface area contributed by atoms with Crippen LogP contribution in [0.1, 0.15) is 30.2 Å². The third-order valence-corrected chi connectivity index (χ3v) is 5.30. The van der Waals surface area contributed by atoms with E-state index in [0.29, 0.717) is 25.5 Å². The van der Waals surface area contributed by atoms with E-state index in [1.165, 1.54) is 12.1 Å². The van der Waals surface area contributed by atoms with Gasteiger partial charge in [-0.3, -0.25) is 9.69 Å². The minimum Gasteiger partial charge on any atom is -0.473 e. The van der Waals surface area contributed by atoms with Gasteiger partial charge in [0.1, 0.15) is 0 Å².